The van der Waals surface area contributed by atoms with Gasteiger partial charge in [-0.1, -0.05) is 6.92 Å². The molecular weight excluding hydrogens is 252 g/mol. The molecule has 0 saturated carbocycles. The van der Waals surface area contributed by atoms with E-state index >= 15 is 0 Å². The van der Waals surface area contributed by atoms with Crippen LogP contribution in [-0.2, 0) is 14.6 Å². The summed E-state index contributed by atoms with van der Waals surface area (Å²) in [5.74, 6) is 1.11. The van der Waals surface area contributed by atoms with Gasteiger partial charge in [0.1, 0.15) is 0 Å². The van der Waals surface area contributed by atoms with E-state index in [0.717, 1.165) is 19.5 Å². The monoisotopic (exact) mass is 274 g/mol. The van der Waals surface area contributed by atoms with Crippen molar-refractivity contribution >= 4 is 15.7 Å². The first-order valence-electron chi connectivity index (χ1n) is 6.68. The van der Waals surface area contributed by atoms with Gasteiger partial charge in [0.05, 0.1) is 18.1 Å². The molecule has 0 aliphatic carbocycles. The molecule has 0 bridgehead atoms. The van der Waals surface area contributed by atoms with Gasteiger partial charge in [-0.2, -0.15) is 0 Å². The van der Waals surface area contributed by atoms with Crippen LogP contribution in [0.1, 0.15) is 26.2 Å². The molecule has 18 heavy (non-hydrogen) atoms. The van der Waals surface area contributed by atoms with Gasteiger partial charge >= 0.3 is 0 Å². The second-order valence-corrected chi connectivity index (χ2v) is 7.80. The van der Waals surface area contributed by atoms with Crippen LogP contribution in [0.5, 0.6) is 0 Å². The molecule has 0 aromatic heterocycles. The standard InChI is InChI=1S/C12H22N2O3S/c1-10-3-2-5-14(8-10)12(15)7-13-11-4-6-18(16,17)9-11/h10-11,13H,2-9H2,1H3. The van der Waals surface area contributed by atoms with E-state index in [1.165, 1.54) is 6.42 Å². The number of sulfone groups is 1. The number of carbonyl (C=O) groups excluding carboxylic acids is 1. The van der Waals surface area contributed by atoms with E-state index in [1.54, 1.807) is 0 Å². The Bertz CT molecular complexity index is 408. The van der Waals surface area contributed by atoms with Crippen molar-refractivity contribution in [1.29, 1.82) is 0 Å². The summed E-state index contributed by atoms with van der Waals surface area (Å²) in [6.45, 7) is 4.11. The van der Waals surface area contributed by atoms with Crippen molar-refractivity contribution in [2.45, 2.75) is 32.2 Å². The first-order chi connectivity index (χ1) is 8.46. The van der Waals surface area contributed by atoms with E-state index in [-0.39, 0.29) is 30.0 Å². The highest BCUT2D eigenvalue weighted by atomic mass is 32.2. The topological polar surface area (TPSA) is 66.5 Å². The van der Waals surface area contributed by atoms with Crippen molar-refractivity contribution in [2.75, 3.05) is 31.1 Å². The predicted molar refractivity (Wildman–Crippen MR) is 70.0 cm³/mol. The number of hydrogen-bond acceptors (Lipinski definition) is 4. The van der Waals surface area contributed by atoms with Gasteiger partial charge in [0.25, 0.3) is 0 Å². The second kappa shape index (κ2) is 5.57. The maximum absolute atomic E-state index is 12.0. The van der Waals surface area contributed by atoms with E-state index in [4.69, 9.17) is 0 Å². The Balaban J connectivity index is 1.75. The zero-order valence-corrected chi connectivity index (χ0v) is 11.7. The third-order valence-electron chi connectivity index (χ3n) is 3.78. The molecule has 2 fully saturated rings. The number of amides is 1. The summed E-state index contributed by atoms with van der Waals surface area (Å²) >= 11 is 0. The number of nitrogens with one attached hydrogen (secondary N) is 1. The molecule has 2 rings (SSSR count). The lowest BCUT2D eigenvalue weighted by molar-refractivity contribution is -0.132. The molecule has 0 aromatic rings. The molecule has 0 aromatic carbocycles. The fourth-order valence-electron chi connectivity index (χ4n) is 2.72. The highest BCUT2D eigenvalue weighted by Gasteiger charge is 2.28. The van der Waals surface area contributed by atoms with Crippen molar-refractivity contribution in [2.24, 2.45) is 5.92 Å². The van der Waals surface area contributed by atoms with Crippen molar-refractivity contribution in [3.05, 3.63) is 0 Å². The molecule has 104 valence electrons. The Morgan fingerprint density at radius 2 is 2.17 bits per heavy atom. The van der Waals surface area contributed by atoms with Crippen molar-refractivity contribution in [3.63, 3.8) is 0 Å². The van der Waals surface area contributed by atoms with Crippen LogP contribution in [0.2, 0.25) is 0 Å². The molecule has 0 spiro atoms. The first-order valence-corrected chi connectivity index (χ1v) is 8.50. The SMILES string of the molecule is CC1CCCN(C(=O)CNC2CCS(=O)(=O)C2)C1. The zero-order valence-electron chi connectivity index (χ0n) is 10.9. The summed E-state index contributed by atoms with van der Waals surface area (Å²) in [5.41, 5.74) is 0. The van der Waals surface area contributed by atoms with Gasteiger partial charge in [-0.15, -0.1) is 0 Å². The minimum Gasteiger partial charge on any atom is -0.341 e. The fraction of sp³-hybridized carbons (Fsp3) is 0.917. The Morgan fingerprint density at radius 1 is 1.39 bits per heavy atom. The van der Waals surface area contributed by atoms with Gasteiger partial charge in [-0.25, -0.2) is 8.42 Å². The van der Waals surface area contributed by atoms with E-state index in [2.05, 4.69) is 12.2 Å². The molecular formula is C12H22N2O3S. The summed E-state index contributed by atoms with van der Waals surface area (Å²) in [7, 11) is -2.86. The van der Waals surface area contributed by atoms with Crippen LogP contribution in [0.25, 0.3) is 0 Å². The van der Waals surface area contributed by atoms with Gasteiger partial charge in [0, 0.05) is 19.1 Å². The Kier molecular flexibility index (Phi) is 4.27. The molecule has 1 amide bonds. The van der Waals surface area contributed by atoms with Gasteiger partial charge in [-0.05, 0) is 25.2 Å². The summed E-state index contributed by atoms with van der Waals surface area (Å²) in [6.07, 6.45) is 2.90. The first kappa shape index (κ1) is 13.8. The largest absolute Gasteiger partial charge is 0.341 e. The molecule has 0 radical (unpaired) electrons. The van der Waals surface area contributed by atoms with Gasteiger partial charge in [0.15, 0.2) is 9.84 Å². The highest BCUT2D eigenvalue weighted by molar-refractivity contribution is 7.91. The van der Waals surface area contributed by atoms with Crippen LogP contribution in [0.3, 0.4) is 0 Å². The Morgan fingerprint density at radius 3 is 2.78 bits per heavy atom. The molecule has 6 heteroatoms. The van der Waals surface area contributed by atoms with Crippen LogP contribution in [0, 0.1) is 5.92 Å². The highest BCUT2D eigenvalue weighted by Crippen LogP contribution is 2.15. The quantitative estimate of drug-likeness (QED) is 0.788. The molecule has 2 aliphatic heterocycles. The predicted octanol–water partition coefficient (Wildman–Crippen LogP) is 0.0216. The maximum atomic E-state index is 12.0. The summed E-state index contributed by atoms with van der Waals surface area (Å²) in [6, 6.07) is -0.0406. The minimum atomic E-state index is -2.86. The van der Waals surface area contributed by atoms with E-state index in [1.807, 2.05) is 4.90 Å². The van der Waals surface area contributed by atoms with Crippen LogP contribution < -0.4 is 5.32 Å². The second-order valence-electron chi connectivity index (χ2n) is 5.57. The smallest absolute Gasteiger partial charge is 0.236 e. The minimum absolute atomic E-state index is 0.0406. The maximum Gasteiger partial charge on any atom is 0.236 e. The lowest BCUT2D eigenvalue weighted by atomic mass is 10.0. The number of hydrogen-bond donors (Lipinski definition) is 1. The lowest BCUT2D eigenvalue weighted by Crippen LogP contribution is -2.45. The summed E-state index contributed by atoms with van der Waals surface area (Å²) < 4.78 is 22.6. The lowest BCUT2D eigenvalue weighted by Gasteiger charge is -2.31. The number of nitrogens with zero attached hydrogens (tertiary/aromatic N) is 1. The van der Waals surface area contributed by atoms with Gasteiger partial charge in [-0.3, -0.25) is 4.79 Å². The zero-order chi connectivity index (χ0) is 13.2. The number of carbonyl (C=O) groups is 1. The summed E-state index contributed by atoms with van der Waals surface area (Å²) in [4.78, 5) is 13.9. The molecule has 2 unspecified atom stereocenters. The van der Waals surface area contributed by atoms with E-state index in [0.29, 0.717) is 12.3 Å². The normalized spacial score (nSPS) is 31.5. The van der Waals surface area contributed by atoms with Crippen molar-refractivity contribution in [3.8, 4) is 0 Å². The molecule has 5 nitrogen and oxygen atoms in total. The van der Waals surface area contributed by atoms with Gasteiger partial charge < -0.3 is 10.2 Å². The molecule has 2 saturated heterocycles. The van der Waals surface area contributed by atoms with Crippen LogP contribution >= 0.6 is 0 Å². The number of piperidine rings is 1. The fourth-order valence-corrected chi connectivity index (χ4v) is 4.42. The van der Waals surface area contributed by atoms with E-state index < -0.39 is 9.84 Å². The average molecular weight is 274 g/mol. The summed E-state index contributed by atoms with van der Waals surface area (Å²) in [5, 5.41) is 3.08. The number of rotatable bonds is 3. The van der Waals surface area contributed by atoms with Crippen molar-refractivity contribution < 1.29 is 13.2 Å². The number of likely N-dealkylation sites (tertiary alicyclic amines) is 1. The molecule has 2 aliphatic rings. The van der Waals surface area contributed by atoms with Crippen molar-refractivity contribution in [1.82, 2.24) is 10.2 Å². The Labute approximate surface area is 109 Å². The van der Waals surface area contributed by atoms with Gasteiger partial charge in [0.2, 0.25) is 5.91 Å². The van der Waals surface area contributed by atoms with Crippen LogP contribution in [0.4, 0.5) is 0 Å². The molecule has 2 atom stereocenters. The molecule has 2 heterocycles. The van der Waals surface area contributed by atoms with Crippen LogP contribution in [0.15, 0.2) is 0 Å². The Hall–Kier alpha value is -0.620. The molecule has 1 N–H and O–H groups in total. The third-order valence-corrected chi connectivity index (χ3v) is 5.55. The third kappa shape index (κ3) is 3.68. The average Bonchev–Trinajstić information content (AvgIpc) is 2.66. The van der Waals surface area contributed by atoms with E-state index in [9.17, 15) is 13.2 Å². The van der Waals surface area contributed by atoms with Crippen LogP contribution in [-0.4, -0.2) is 56.4 Å².